The molecular formula is C17H20ClFN2O2. The number of benzene rings is 1. The van der Waals surface area contributed by atoms with Gasteiger partial charge in [0.25, 0.3) is 0 Å². The lowest BCUT2D eigenvalue weighted by molar-refractivity contribution is -0.138. The summed E-state index contributed by atoms with van der Waals surface area (Å²) in [6.45, 7) is 6.06. The summed E-state index contributed by atoms with van der Waals surface area (Å²) in [5.74, 6) is -2.07. The fourth-order valence-electron chi connectivity index (χ4n) is 3.20. The predicted octanol–water partition coefficient (Wildman–Crippen LogP) is 4.09. The number of carboxylic acid groups (broad SMARTS) is 1. The SMILES string of the molecule is CC(C)(C)CC1C(C#N)CC(C(=O)O)N1c1ccc(Cl)cc1F. The van der Waals surface area contributed by atoms with E-state index < -0.39 is 23.7 Å². The fourth-order valence-corrected chi connectivity index (χ4v) is 3.36. The normalized spacial score (nSPS) is 24.5. The molecule has 1 aromatic carbocycles. The number of nitrogens with zero attached hydrogens (tertiary/aromatic N) is 2. The Balaban J connectivity index is 2.51. The molecule has 1 aromatic rings. The van der Waals surface area contributed by atoms with Gasteiger partial charge in [0, 0.05) is 11.1 Å². The molecule has 0 radical (unpaired) electrons. The average molecular weight is 339 g/mol. The third-order valence-corrected chi connectivity index (χ3v) is 4.33. The van der Waals surface area contributed by atoms with Crippen LogP contribution in [0.15, 0.2) is 18.2 Å². The van der Waals surface area contributed by atoms with E-state index in [1.807, 2.05) is 20.8 Å². The summed E-state index contributed by atoms with van der Waals surface area (Å²) in [6, 6.07) is 5.13. The maximum Gasteiger partial charge on any atom is 0.326 e. The van der Waals surface area contributed by atoms with E-state index in [0.717, 1.165) is 0 Å². The lowest BCUT2D eigenvalue weighted by atomic mass is 9.83. The van der Waals surface area contributed by atoms with Gasteiger partial charge < -0.3 is 10.0 Å². The molecule has 0 spiro atoms. The van der Waals surface area contributed by atoms with Gasteiger partial charge in [-0.25, -0.2) is 9.18 Å². The summed E-state index contributed by atoms with van der Waals surface area (Å²) in [5.41, 5.74) is 0.0719. The van der Waals surface area contributed by atoms with Gasteiger partial charge in [-0.15, -0.1) is 0 Å². The van der Waals surface area contributed by atoms with Crippen LogP contribution in [0.4, 0.5) is 10.1 Å². The molecule has 1 fully saturated rings. The zero-order valence-electron chi connectivity index (χ0n) is 13.4. The summed E-state index contributed by atoms with van der Waals surface area (Å²) >= 11 is 5.79. The minimum absolute atomic E-state index is 0.117. The topological polar surface area (TPSA) is 64.3 Å². The van der Waals surface area contributed by atoms with Crippen LogP contribution in [0.5, 0.6) is 0 Å². The molecular weight excluding hydrogens is 319 g/mol. The molecule has 2 rings (SSSR count). The van der Waals surface area contributed by atoms with Crippen molar-refractivity contribution in [3.05, 3.63) is 29.0 Å². The van der Waals surface area contributed by atoms with Crippen LogP contribution in [0.3, 0.4) is 0 Å². The van der Waals surface area contributed by atoms with Gasteiger partial charge in [-0.1, -0.05) is 32.4 Å². The molecule has 3 atom stereocenters. The number of anilines is 1. The van der Waals surface area contributed by atoms with Gasteiger partial charge in [0.1, 0.15) is 11.9 Å². The second-order valence-electron chi connectivity index (χ2n) is 7.16. The number of hydrogen-bond donors (Lipinski definition) is 1. The molecule has 1 aliphatic heterocycles. The highest BCUT2D eigenvalue weighted by atomic mass is 35.5. The first-order chi connectivity index (χ1) is 10.6. The number of hydrogen-bond acceptors (Lipinski definition) is 3. The molecule has 0 bridgehead atoms. The molecule has 4 nitrogen and oxygen atoms in total. The van der Waals surface area contributed by atoms with E-state index >= 15 is 0 Å². The van der Waals surface area contributed by atoms with Crippen molar-refractivity contribution in [1.29, 1.82) is 5.26 Å². The standard InChI is InChI=1S/C17H20ClFN2O2/c1-17(2,3)8-15-10(9-20)6-14(16(22)23)21(15)13-5-4-11(18)7-12(13)19/h4-5,7,10,14-15H,6,8H2,1-3H3,(H,22,23). The van der Waals surface area contributed by atoms with Crippen molar-refractivity contribution in [2.24, 2.45) is 11.3 Å². The Labute approximate surface area is 140 Å². The first-order valence-corrected chi connectivity index (χ1v) is 7.87. The van der Waals surface area contributed by atoms with Crippen LogP contribution in [-0.2, 0) is 4.79 Å². The van der Waals surface area contributed by atoms with Crippen molar-refractivity contribution in [3.8, 4) is 6.07 Å². The highest BCUT2D eigenvalue weighted by Crippen LogP contribution is 2.41. The maximum absolute atomic E-state index is 14.4. The first kappa shape index (κ1) is 17.6. The predicted molar refractivity (Wildman–Crippen MR) is 86.9 cm³/mol. The van der Waals surface area contributed by atoms with E-state index in [9.17, 15) is 19.6 Å². The molecule has 0 aromatic heterocycles. The largest absolute Gasteiger partial charge is 0.480 e. The molecule has 124 valence electrons. The third-order valence-electron chi connectivity index (χ3n) is 4.10. The van der Waals surface area contributed by atoms with Crippen molar-refractivity contribution in [3.63, 3.8) is 0 Å². The second-order valence-corrected chi connectivity index (χ2v) is 7.60. The Morgan fingerprint density at radius 3 is 2.65 bits per heavy atom. The number of rotatable bonds is 3. The Kier molecular flexibility index (Phi) is 4.86. The summed E-state index contributed by atoms with van der Waals surface area (Å²) in [4.78, 5) is 13.2. The van der Waals surface area contributed by atoms with E-state index in [1.54, 1.807) is 4.90 Å². The van der Waals surface area contributed by atoms with Gasteiger partial charge in [-0.3, -0.25) is 0 Å². The maximum atomic E-state index is 14.4. The van der Waals surface area contributed by atoms with Crippen molar-refractivity contribution in [2.75, 3.05) is 4.90 Å². The van der Waals surface area contributed by atoms with Crippen LogP contribution in [0.1, 0.15) is 33.6 Å². The molecule has 0 aliphatic carbocycles. The van der Waals surface area contributed by atoms with Gasteiger partial charge in [-0.2, -0.15) is 5.26 Å². The van der Waals surface area contributed by atoms with E-state index in [2.05, 4.69) is 6.07 Å². The lowest BCUT2D eigenvalue weighted by Gasteiger charge is -2.35. The minimum atomic E-state index is -1.05. The molecule has 1 N–H and O–H groups in total. The van der Waals surface area contributed by atoms with Crippen molar-refractivity contribution >= 4 is 23.3 Å². The van der Waals surface area contributed by atoms with Crippen molar-refractivity contribution in [2.45, 2.75) is 45.7 Å². The van der Waals surface area contributed by atoms with E-state index in [1.165, 1.54) is 18.2 Å². The summed E-state index contributed by atoms with van der Waals surface area (Å²) in [6.07, 6.45) is 0.783. The summed E-state index contributed by atoms with van der Waals surface area (Å²) in [7, 11) is 0. The highest BCUT2D eigenvalue weighted by Gasteiger charge is 2.46. The molecule has 0 saturated carbocycles. The molecule has 1 saturated heterocycles. The second kappa shape index (κ2) is 6.37. The van der Waals surface area contributed by atoms with Gasteiger partial charge in [0.2, 0.25) is 0 Å². The van der Waals surface area contributed by atoms with Crippen molar-refractivity contribution in [1.82, 2.24) is 0 Å². The van der Waals surface area contributed by atoms with Crippen molar-refractivity contribution < 1.29 is 14.3 Å². The molecule has 6 heteroatoms. The molecule has 1 aliphatic rings. The minimum Gasteiger partial charge on any atom is -0.480 e. The Bertz CT molecular complexity index is 651. The zero-order chi connectivity index (χ0) is 17.4. The van der Waals surface area contributed by atoms with Gasteiger partial charge >= 0.3 is 5.97 Å². The molecule has 3 unspecified atom stereocenters. The quantitative estimate of drug-likeness (QED) is 0.901. The summed E-state index contributed by atoms with van der Waals surface area (Å²) in [5, 5.41) is 19.2. The van der Waals surface area contributed by atoms with E-state index in [0.29, 0.717) is 6.42 Å². The van der Waals surface area contributed by atoms with Crippen LogP contribution in [0.25, 0.3) is 0 Å². The fraction of sp³-hybridized carbons (Fsp3) is 0.529. The Morgan fingerprint density at radius 2 is 2.17 bits per heavy atom. The molecule has 0 amide bonds. The van der Waals surface area contributed by atoms with Crippen LogP contribution in [0, 0.1) is 28.5 Å². The first-order valence-electron chi connectivity index (χ1n) is 7.50. The number of halogens is 2. The van der Waals surface area contributed by atoms with E-state index in [4.69, 9.17) is 11.6 Å². The number of nitriles is 1. The van der Waals surface area contributed by atoms with Crippen LogP contribution in [-0.4, -0.2) is 23.2 Å². The number of aliphatic carboxylic acids is 1. The van der Waals surface area contributed by atoms with E-state index in [-0.39, 0.29) is 28.6 Å². The highest BCUT2D eigenvalue weighted by molar-refractivity contribution is 6.30. The van der Waals surface area contributed by atoms with Crippen LogP contribution < -0.4 is 4.90 Å². The lowest BCUT2D eigenvalue weighted by Crippen LogP contribution is -2.43. The van der Waals surface area contributed by atoms with Crippen LogP contribution >= 0.6 is 11.6 Å². The molecule has 1 heterocycles. The Morgan fingerprint density at radius 1 is 1.52 bits per heavy atom. The average Bonchev–Trinajstić information content (AvgIpc) is 2.75. The third kappa shape index (κ3) is 3.76. The summed E-state index contributed by atoms with van der Waals surface area (Å²) < 4.78 is 14.4. The van der Waals surface area contributed by atoms with Gasteiger partial charge in [0.15, 0.2) is 0 Å². The van der Waals surface area contributed by atoms with Crippen LogP contribution in [0.2, 0.25) is 5.02 Å². The zero-order valence-corrected chi connectivity index (χ0v) is 14.1. The number of carbonyl (C=O) groups is 1. The molecule has 23 heavy (non-hydrogen) atoms. The monoisotopic (exact) mass is 338 g/mol. The van der Waals surface area contributed by atoms with Gasteiger partial charge in [-0.05, 0) is 36.5 Å². The van der Waals surface area contributed by atoms with Gasteiger partial charge in [0.05, 0.1) is 17.7 Å². The Hall–Kier alpha value is -1.80. The smallest absolute Gasteiger partial charge is 0.326 e. The number of carboxylic acids is 1.